The van der Waals surface area contributed by atoms with Gasteiger partial charge in [0.15, 0.2) is 11.5 Å². The summed E-state index contributed by atoms with van der Waals surface area (Å²) in [6.45, 7) is 10.1. The number of hydrogen-bond acceptors (Lipinski definition) is 4. The van der Waals surface area contributed by atoms with Crippen molar-refractivity contribution in [2.75, 3.05) is 25.6 Å². The van der Waals surface area contributed by atoms with Gasteiger partial charge in [-0.15, -0.1) is 0 Å². The van der Waals surface area contributed by atoms with Crippen LogP contribution in [-0.2, 0) is 4.79 Å². The number of amides is 1. The van der Waals surface area contributed by atoms with E-state index in [9.17, 15) is 4.79 Å². The van der Waals surface area contributed by atoms with E-state index in [2.05, 4.69) is 62.2 Å². The van der Waals surface area contributed by atoms with Crippen molar-refractivity contribution in [2.45, 2.75) is 39.8 Å². The van der Waals surface area contributed by atoms with Gasteiger partial charge >= 0.3 is 0 Å². The molecule has 0 unspecified atom stereocenters. The molecule has 0 saturated heterocycles. The largest absolute Gasteiger partial charge is 0.493 e. The fourth-order valence-corrected chi connectivity index (χ4v) is 4.01. The van der Waals surface area contributed by atoms with E-state index in [-0.39, 0.29) is 5.91 Å². The van der Waals surface area contributed by atoms with Gasteiger partial charge in [0.05, 0.1) is 7.11 Å². The molecule has 0 saturated carbocycles. The predicted molar refractivity (Wildman–Crippen MR) is 145 cm³/mol. The Kier molecular flexibility index (Phi) is 9.50. The molecule has 0 heterocycles. The normalized spacial score (nSPS) is 11.4. The SMILES string of the molecule is COc1ccc(NC(=O)/C=C/c2ccc(-c3ccccc3)cc2)cc1OCCN(C(C)C)C(C)C. The van der Waals surface area contributed by atoms with Gasteiger partial charge in [0, 0.05) is 36.5 Å². The first-order valence-electron chi connectivity index (χ1n) is 12.1. The van der Waals surface area contributed by atoms with Crippen molar-refractivity contribution in [2.24, 2.45) is 0 Å². The summed E-state index contributed by atoms with van der Waals surface area (Å²) in [4.78, 5) is 14.9. The summed E-state index contributed by atoms with van der Waals surface area (Å²) in [7, 11) is 1.61. The van der Waals surface area contributed by atoms with E-state index in [1.54, 1.807) is 31.4 Å². The van der Waals surface area contributed by atoms with E-state index in [1.807, 2.05) is 30.3 Å². The molecule has 35 heavy (non-hydrogen) atoms. The van der Waals surface area contributed by atoms with E-state index in [0.717, 1.165) is 17.7 Å². The van der Waals surface area contributed by atoms with Gasteiger partial charge in [0.25, 0.3) is 0 Å². The maximum absolute atomic E-state index is 12.5. The summed E-state index contributed by atoms with van der Waals surface area (Å²) in [6.07, 6.45) is 3.34. The van der Waals surface area contributed by atoms with Crippen LogP contribution in [0.3, 0.4) is 0 Å². The topological polar surface area (TPSA) is 50.8 Å². The highest BCUT2D eigenvalue weighted by Crippen LogP contribution is 2.30. The molecular weight excluding hydrogens is 436 g/mol. The van der Waals surface area contributed by atoms with Gasteiger partial charge in [-0.1, -0.05) is 54.6 Å². The first-order chi connectivity index (χ1) is 16.9. The Bertz CT molecular complexity index is 1100. The van der Waals surface area contributed by atoms with Crippen molar-refractivity contribution < 1.29 is 14.3 Å². The van der Waals surface area contributed by atoms with Crippen LogP contribution in [0.25, 0.3) is 17.2 Å². The molecular formula is C30H36N2O3. The molecule has 0 aliphatic heterocycles. The quantitative estimate of drug-likeness (QED) is 0.323. The molecule has 3 aromatic carbocycles. The zero-order chi connectivity index (χ0) is 25.2. The van der Waals surface area contributed by atoms with Gasteiger partial charge in [-0.2, -0.15) is 0 Å². The minimum atomic E-state index is -0.209. The highest BCUT2D eigenvalue weighted by molar-refractivity contribution is 6.02. The van der Waals surface area contributed by atoms with E-state index >= 15 is 0 Å². The molecule has 0 atom stereocenters. The second-order valence-electron chi connectivity index (χ2n) is 8.95. The summed E-state index contributed by atoms with van der Waals surface area (Å²) in [5, 5.41) is 2.91. The highest BCUT2D eigenvalue weighted by atomic mass is 16.5. The molecule has 1 N–H and O–H groups in total. The van der Waals surface area contributed by atoms with Gasteiger partial charge < -0.3 is 14.8 Å². The zero-order valence-electron chi connectivity index (χ0n) is 21.3. The van der Waals surface area contributed by atoms with Crippen molar-refractivity contribution in [3.63, 3.8) is 0 Å². The van der Waals surface area contributed by atoms with E-state index in [0.29, 0.717) is 35.9 Å². The Morgan fingerprint density at radius 3 is 2.17 bits per heavy atom. The third-order valence-corrected chi connectivity index (χ3v) is 5.81. The highest BCUT2D eigenvalue weighted by Gasteiger charge is 2.14. The maximum Gasteiger partial charge on any atom is 0.248 e. The summed E-state index contributed by atoms with van der Waals surface area (Å²) in [6, 6.07) is 24.6. The van der Waals surface area contributed by atoms with Crippen molar-refractivity contribution in [3.8, 4) is 22.6 Å². The molecule has 1 amide bonds. The van der Waals surface area contributed by atoms with Crippen LogP contribution in [0.4, 0.5) is 5.69 Å². The van der Waals surface area contributed by atoms with Crippen LogP contribution in [-0.4, -0.2) is 43.2 Å². The molecule has 184 valence electrons. The Labute approximate surface area is 209 Å². The lowest BCUT2D eigenvalue weighted by atomic mass is 10.0. The van der Waals surface area contributed by atoms with Crippen molar-refractivity contribution in [1.29, 1.82) is 0 Å². The van der Waals surface area contributed by atoms with Crippen LogP contribution in [0.2, 0.25) is 0 Å². The molecule has 0 aromatic heterocycles. The number of ether oxygens (including phenoxy) is 2. The van der Waals surface area contributed by atoms with Gasteiger partial charge in [-0.25, -0.2) is 0 Å². The number of methoxy groups -OCH3 is 1. The van der Waals surface area contributed by atoms with Crippen molar-refractivity contribution in [3.05, 3.63) is 84.4 Å². The second kappa shape index (κ2) is 12.8. The number of anilines is 1. The Balaban J connectivity index is 1.60. The number of hydrogen-bond donors (Lipinski definition) is 1. The number of benzene rings is 3. The van der Waals surface area contributed by atoms with Crippen molar-refractivity contribution >= 4 is 17.7 Å². The molecule has 5 nitrogen and oxygen atoms in total. The minimum absolute atomic E-state index is 0.209. The monoisotopic (exact) mass is 472 g/mol. The average molecular weight is 473 g/mol. The summed E-state index contributed by atoms with van der Waals surface area (Å²) in [5.41, 5.74) is 3.92. The summed E-state index contributed by atoms with van der Waals surface area (Å²) >= 11 is 0. The number of nitrogens with zero attached hydrogens (tertiary/aromatic N) is 1. The smallest absolute Gasteiger partial charge is 0.248 e. The Morgan fingerprint density at radius 1 is 0.886 bits per heavy atom. The molecule has 0 aliphatic carbocycles. The number of rotatable bonds is 11. The lowest BCUT2D eigenvalue weighted by molar-refractivity contribution is -0.111. The van der Waals surface area contributed by atoms with Gasteiger partial charge in [0.1, 0.15) is 6.61 Å². The summed E-state index contributed by atoms with van der Waals surface area (Å²) in [5.74, 6) is 1.04. The Hall–Kier alpha value is -3.57. The maximum atomic E-state index is 12.5. The lowest BCUT2D eigenvalue weighted by Crippen LogP contribution is -2.39. The molecule has 0 spiro atoms. The minimum Gasteiger partial charge on any atom is -0.493 e. The number of carbonyl (C=O) groups excluding carboxylic acids is 1. The molecule has 0 radical (unpaired) electrons. The molecule has 3 aromatic rings. The molecule has 0 aliphatic rings. The van der Waals surface area contributed by atoms with E-state index in [4.69, 9.17) is 9.47 Å². The standard InChI is InChI=1S/C30H36N2O3/c1-22(2)32(23(3)4)19-20-35-29-21-27(16-17-28(29)34-5)31-30(33)18-13-24-11-14-26(15-12-24)25-9-7-6-8-10-25/h6-18,21-23H,19-20H2,1-5H3,(H,31,33)/b18-13+. The van der Waals surface area contributed by atoms with E-state index in [1.165, 1.54) is 11.6 Å². The van der Waals surface area contributed by atoms with Crippen LogP contribution in [0.15, 0.2) is 78.9 Å². The molecule has 5 heteroatoms. The molecule has 0 bridgehead atoms. The van der Waals surface area contributed by atoms with Crippen LogP contribution >= 0.6 is 0 Å². The van der Waals surface area contributed by atoms with E-state index < -0.39 is 0 Å². The fourth-order valence-electron chi connectivity index (χ4n) is 4.01. The number of carbonyl (C=O) groups is 1. The lowest BCUT2D eigenvalue weighted by Gasteiger charge is -2.30. The predicted octanol–water partition coefficient (Wildman–Crippen LogP) is 6.51. The van der Waals surface area contributed by atoms with Gasteiger partial charge in [-0.05, 0) is 62.6 Å². The molecule has 3 rings (SSSR count). The van der Waals surface area contributed by atoms with Crippen molar-refractivity contribution in [1.82, 2.24) is 4.90 Å². The van der Waals surface area contributed by atoms with Gasteiger partial charge in [-0.3, -0.25) is 9.69 Å². The third kappa shape index (κ3) is 7.72. The Morgan fingerprint density at radius 2 is 1.54 bits per heavy atom. The van der Waals surface area contributed by atoms with Crippen LogP contribution in [0.5, 0.6) is 11.5 Å². The van der Waals surface area contributed by atoms with Crippen LogP contribution < -0.4 is 14.8 Å². The fraction of sp³-hybridized carbons (Fsp3) is 0.300. The van der Waals surface area contributed by atoms with Crippen LogP contribution in [0.1, 0.15) is 33.3 Å². The first-order valence-corrected chi connectivity index (χ1v) is 12.1. The third-order valence-electron chi connectivity index (χ3n) is 5.81. The zero-order valence-corrected chi connectivity index (χ0v) is 21.3. The first kappa shape index (κ1) is 26.0. The number of nitrogens with one attached hydrogen (secondary N) is 1. The summed E-state index contributed by atoms with van der Waals surface area (Å²) < 4.78 is 11.5. The average Bonchev–Trinajstić information content (AvgIpc) is 2.86. The van der Waals surface area contributed by atoms with Crippen LogP contribution in [0, 0.1) is 0 Å². The second-order valence-corrected chi connectivity index (χ2v) is 8.95. The molecule has 0 fully saturated rings. The van der Waals surface area contributed by atoms with Gasteiger partial charge in [0.2, 0.25) is 5.91 Å².